The van der Waals surface area contributed by atoms with E-state index in [2.05, 4.69) is 10.6 Å². The fourth-order valence-corrected chi connectivity index (χ4v) is 2.59. The summed E-state index contributed by atoms with van der Waals surface area (Å²) in [4.78, 5) is 46.0. The molecule has 1 saturated heterocycles. The first-order chi connectivity index (χ1) is 13.6. The van der Waals surface area contributed by atoms with Crippen LogP contribution in [0.2, 0.25) is 0 Å². The average molecular weight is 418 g/mol. The van der Waals surface area contributed by atoms with Crippen molar-refractivity contribution in [2.75, 3.05) is 19.8 Å². The molecule has 1 rings (SSSR count). The highest BCUT2D eigenvalue weighted by Crippen LogP contribution is 2.29. The lowest BCUT2D eigenvalue weighted by Gasteiger charge is -2.44. The number of esters is 4. The molecular weight excluding hydrogens is 394 g/mol. The SMILES string of the molecule is CC(=O)OCC1OC(OCCNN=[N-])C(OC(C)=O)C(OC(C)=O)C1OC(C)=O. The molecule has 1 heterocycles. The summed E-state index contributed by atoms with van der Waals surface area (Å²) in [6, 6.07) is 0. The molecule has 5 unspecified atom stereocenters. The van der Waals surface area contributed by atoms with E-state index in [9.17, 15) is 19.2 Å². The summed E-state index contributed by atoms with van der Waals surface area (Å²) in [7, 11) is 0. The molecule has 1 fully saturated rings. The van der Waals surface area contributed by atoms with Crippen molar-refractivity contribution in [3.05, 3.63) is 5.53 Å². The molecule has 1 N–H and O–H groups in total. The zero-order valence-electron chi connectivity index (χ0n) is 16.5. The molecule has 5 atom stereocenters. The van der Waals surface area contributed by atoms with Crippen LogP contribution in [-0.4, -0.2) is 74.3 Å². The van der Waals surface area contributed by atoms with Crippen molar-refractivity contribution in [1.82, 2.24) is 5.43 Å². The molecule has 0 aromatic rings. The van der Waals surface area contributed by atoms with E-state index in [1.165, 1.54) is 6.92 Å². The molecule has 0 spiro atoms. The lowest BCUT2D eigenvalue weighted by Crippen LogP contribution is -2.63. The molecule has 0 bridgehead atoms. The van der Waals surface area contributed by atoms with Gasteiger partial charge in [0, 0.05) is 27.7 Å². The van der Waals surface area contributed by atoms with Crippen LogP contribution >= 0.6 is 0 Å². The molecule has 13 nitrogen and oxygen atoms in total. The Hall–Kier alpha value is -2.80. The fourth-order valence-electron chi connectivity index (χ4n) is 2.59. The first kappa shape index (κ1) is 24.2. The van der Waals surface area contributed by atoms with E-state index >= 15 is 0 Å². The van der Waals surface area contributed by atoms with E-state index < -0.39 is 54.6 Å². The van der Waals surface area contributed by atoms with Crippen LogP contribution in [0.3, 0.4) is 0 Å². The van der Waals surface area contributed by atoms with Gasteiger partial charge >= 0.3 is 23.9 Å². The molecule has 0 radical (unpaired) electrons. The number of carbonyl (C=O) groups excluding carboxylic acids is 4. The van der Waals surface area contributed by atoms with Gasteiger partial charge in [-0.05, 0) is 6.54 Å². The molecule has 1 aliphatic rings. The van der Waals surface area contributed by atoms with E-state index in [1.807, 2.05) is 0 Å². The Kier molecular flexibility index (Phi) is 9.96. The van der Waals surface area contributed by atoms with Gasteiger partial charge in [0.1, 0.15) is 12.7 Å². The normalized spacial score (nSPS) is 26.0. The Balaban J connectivity index is 3.19. The summed E-state index contributed by atoms with van der Waals surface area (Å²) in [5.74, 6) is -2.81. The smallest absolute Gasteiger partial charge is 0.303 e. The van der Waals surface area contributed by atoms with Gasteiger partial charge in [-0.1, -0.05) is 0 Å². The quantitative estimate of drug-likeness (QED) is 0.161. The summed E-state index contributed by atoms with van der Waals surface area (Å²) >= 11 is 0. The van der Waals surface area contributed by atoms with Crippen molar-refractivity contribution in [3.8, 4) is 0 Å². The Morgan fingerprint density at radius 1 is 0.897 bits per heavy atom. The van der Waals surface area contributed by atoms with Crippen molar-refractivity contribution < 1.29 is 47.6 Å². The second-order valence-electron chi connectivity index (χ2n) is 5.95. The summed E-state index contributed by atoms with van der Waals surface area (Å²) in [5.41, 5.74) is 10.6. The largest absolute Gasteiger partial charge is 0.463 e. The molecular formula is C16H24N3O10-. The number of ether oxygens (including phenoxy) is 6. The fraction of sp³-hybridized carbons (Fsp3) is 0.750. The van der Waals surface area contributed by atoms with Crippen LogP contribution in [-0.2, 0) is 47.6 Å². The van der Waals surface area contributed by atoms with Crippen molar-refractivity contribution >= 4 is 23.9 Å². The third-order valence-corrected chi connectivity index (χ3v) is 3.51. The Morgan fingerprint density at radius 3 is 1.97 bits per heavy atom. The van der Waals surface area contributed by atoms with Gasteiger partial charge < -0.3 is 39.4 Å². The third kappa shape index (κ3) is 8.39. The Labute approximate surface area is 166 Å². The van der Waals surface area contributed by atoms with Crippen molar-refractivity contribution in [2.45, 2.75) is 58.4 Å². The minimum absolute atomic E-state index is 0.0577. The maximum atomic E-state index is 11.6. The standard InChI is InChI=1S/C16H24N3O10/c1-8(20)25-7-12-13(26-9(2)21)14(27-10(3)22)15(28-11(4)23)16(29-12)24-6-5-18-19-17/h12-16H,5-7H2,1-4H3,(H-,17,18)/q-1. The first-order valence-electron chi connectivity index (χ1n) is 8.64. The van der Waals surface area contributed by atoms with E-state index in [1.54, 1.807) is 0 Å². The van der Waals surface area contributed by atoms with Gasteiger partial charge in [0.2, 0.25) is 0 Å². The van der Waals surface area contributed by atoms with Crippen molar-refractivity contribution in [3.63, 3.8) is 0 Å². The Bertz CT molecular complexity index is 614. The molecule has 0 amide bonds. The van der Waals surface area contributed by atoms with E-state index in [-0.39, 0.29) is 19.8 Å². The lowest BCUT2D eigenvalue weighted by molar-refractivity contribution is -0.307. The minimum Gasteiger partial charge on any atom is -0.463 e. The number of nitrogens with one attached hydrogen (secondary N) is 1. The second-order valence-corrected chi connectivity index (χ2v) is 5.95. The van der Waals surface area contributed by atoms with Gasteiger partial charge in [-0.3, -0.25) is 24.4 Å². The molecule has 0 saturated carbocycles. The highest BCUT2D eigenvalue weighted by molar-refractivity contribution is 5.68. The van der Waals surface area contributed by atoms with Crippen LogP contribution in [0.25, 0.3) is 5.53 Å². The summed E-state index contributed by atoms with van der Waals surface area (Å²) in [6.45, 7) is 4.21. The van der Waals surface area contributed by atoms with Crippen LogP contribution in [0, 0.1) is 0 Å². The van der Waals surface area contributed by atoms with Gasteiger partial charge in [-0.25, -0.2) is 0 Å². The molecule has 1 aliphatic heterocycles. The van der Waals surface area contributed by atoms with Crippen LogP contribution in [0.15, 0.2) is 5.22 Å². The number of nitrogens with zero attached hydrogens (tertiary/aromatic N) is 2. The monoisotopic (exact) mass is 418 g/mol. The molecule has 0 aromatic carbocycles. The highest BCUT2D eigenvalue weighted by atomic mass is 16.7. The van der Waals surface area contributed by atoms with E-state index in [4.69, 9.17) is 34.0 Å². The minimum atomic E-state index is -1.30. The number of hydrogen-bond acceptors (Lipinski definition) is 11. The molecule has 29 heavy (non-hydrogen) atoms. The van der Waals surface area contributed by atoms with Gasteiger partial charge in [0.15, 0.2) is 24.6 Å². The van der Waals surface area contributed by atoms with Gasteiger partial charge in [0.05, 0.1) is 6.61 Å². The van der Waals surface area contributed by atoms with Crippen LogP contribution in [0.1, 0.15) is 27.7 Å². The predicted molar refractivity (Wildman–Crippen MR) is 91.7 cm³/mol. The topological polar surface area (TPSA) is 170 Å². The maximum absolute atomic E-state index is 11.6. The summed E-state index contributed by atoms with van der Waals surface area (Å²) in [5, 5.41) is 2.71. The zero-order valence-corrected chi connectivity index (χ0v) is 16.5. The average Bonchev–Trinajstić information content (AvgIpc) is 2.60. The number of carbonyl (C=O) groups is 4. The molecule has 0 aromatic heterocycles. The Morgan fingerprint density at radius 2 is 1.45 bits per heavy atom. The third-order valence-electron chi connectivity index (χ3n) is 3.51. The number of rotatable bonds is 10. The van der Waals surface area contributed by atoms with Gasteiger partial charge in [0.25, 0.3) is 0 Å². The number of hydrogen-bond donors (Lipinski definition) is 1. The van der Waals surface area contributed by atoms with Crippen molar-refractivity contribution in [1.29, 1.82) is 0 Å². The molecule has 164 valence electrons. The van der Waals surface area contributed by atoms with Crippen molar-refractivity contribution in [2.24, 2.45) is 5.22 Å². The molecule has 13 heteroatoms. The summed E-state index contributed by atoms with van der Waals surface area (Å²) < 4.78 is 31.8. The highest BCUT2D eigenvalue weighted by Gasteiger charge is 2.52. The van der Waals surface area contributed by atoms with E-state index in [0.29, 0.717) is 0 Å². The zero-order chi connectivity index (χ0) is 22.0. The van der Waals surface area contributed by atoms with Gasteiger partial charge in [-0.15, -0.1) is 0 Å². The van der Waals surface area contributed by atoms with Crippen LogP contribution < -0.4 is 5.43 Å². The summed E-state index contributed by atoms with van der Waals surface area (Å²) in [6.07, 6.45) is -6.18. The lowest BCUT2D eigenvalue weighted by atomic mass is 9.98. The van der Waals surface area contributed by atoms with E-state index in [0.717, 1.165) is 20.8 Å². The molecule has 0 aliphatic carbocycles. The second kappa shape index (κ2) is 11.9. The first-order valence-corrected chi connectivity index (χ1v) is 8.64. The van der Waals surface area contributed by atoms with Crippen LogP contribution in [0.4, 0.5) is 0 Å². The van der Waals surface area contributed by atoms with Crippen LogP contribution in [0.5, 0.6) is 0 Å². The van der Waals surface area contributed by atoms with Gasteiger partial charge in [-0.2, -0.15) is 0 Å². The maximum Gasteiger partial charge on any atom is 0.303 e. The predicted octanol–water partition coefficient (Wildman–Crippen LogP) is -0.388.